The second-order valence-corrected chi connectivity index (χ2v) is 5.44. The number of anilines is 1. The molecule has 1 saturated carbocycles. The topological polar surface area (TPSA) is 21.3 Å². The zero-order valence-electron chi connectivity index (χ0n) is 10.4. The Morgan fingerprint density at radius 3 is 2.63 bits per heavy atom. The highest BCUT2D eigenvalue weighted by Crippen LogP contribution is 2.36. The Labute approximate surface area is 118 Å². The first-order valence-corrected chi connectivity index (χ1v) is 6.94. The Morgan fingerprint density at radius 1 is 1.37 bits per heavy atom. The molecule has 1 aliphatic carbocycles. The van der Waals surface area contributed by atoms with Gasteiger partial charge in [-0.3, -0.25) is 0 Å². The number of hydrogen-bond acceptors (Lipinski definition) is 2. The van der Waals surface area contributed by atoms with Crippen molar-refractivity contribution in [3.8, 4) is 0 Å². The van der Waals surface area contributed by atoms with Gasteiger partial charge in [-0.1, -0.05) is 0 Å². The fourth-order valence-corrected chi connectivity index (χ4v) is 2.45. The van der Waals surface area contributed by atoms with Crippen molar-refractivity contribution in [2.24, 2.45) is 0 Å². The maximum Gasteiger partial charge on any atom is 0.416 e. The van der Waals surface area contributed by atoms with E-state index in [1.165, 1.54) is 6.07 Å². The van der Waals surface area contributed by atoms with Gasteiger partial charge in [0.2, 0.25) is 0 Å². The van der Waals surface area contributed by atoms with E-state index < -0.39 is 11.7 Å². The van der Waals surface area contributed by atoms with Crippen molar-refractivity contribution in [2.75, 3.05) is 11.9 Å². The van der Waals surface area contributed by atoms with Gasteiger partial charge in [0.05, 0.1) is 11.7 Å². The van der Waals surface area contributed by atoms with Gasteiger partial charge < -0.3 is 10.1 Å². The van der Waals surface area contributed by atoms with Crippen LogP contribution in [0.1, 0.15) is 25.3 Å². The molecule has 106 valence electrons. The lowest BCUT2D eigenvalue weighted by atomic mass is 9.89. The molecule has 0 aromatic heterocycles. The minimum atomic E-state index is -4.31. The minimum Gasteiger partial charge on any atom is -0.381 e. The first kappa shape index (κ1) is 14.7. The van der Waals surface area contributed by atoms with Crippen LogP contribution in [-0.2, 0) is 10.9 Å². The standard InChI is InChI=1S/C13H15BrF3NO/c1-2-19-10-6-9(7-10)18-12-5-8(13(15,16)17)3-4-11(12)14/h3-5,9-10,18H,2,6-7H2,1H3. The molecule has 1 N–H and O–H groups in total. The van der Waals surface area contributed by atoms with E-state index in [4.69, 9.17) is 4.74 Å². The highest BCUT2D eigenvalue weighted by Gasteiger charge is 2.33. The number of hydrogen-bond donors (Lipinski definition) is 1. The summed E-state index contributed by atoms with van der Waals surface area (Å²) in [4.78, 5) is 0. The van der Waals surface area contributed by atoms with Crippen LogP contribution in [0.5, 0.6) is 0 Å². The normalized spacial score (nSPS) is 23.0. The third-order valence-electron chi connectivity index (χ3n) is 3.15. The van der Waals surface area contributed by atoms with Crippen molar-refractivity contribution in [2.45, 2.75) is 38.1 Å². The van der Waals surface area contributed by atoms with Crippen molar-refractivity contribution in [3.05, 3.63) is 28.2 Å². The monoisotopic (exact) mass is 337 g/mol. The fourth-order valence-electron chi connectivity index (χ4n) is 2.09. The minimum absolute atomic E-state index is 0.177. The van der Waals surface area contributed by atoms with E-state index in [1.54, 1.807) is 0 Å². The summed E-state index contributed by atoms with van der Waals surface area (Å²) < 4.78 is 44.0. The Morgan fingerprint density at radius 2 is 2.05 bits per heavy atom. The van der Waals surface area contributed by atoms with Gasteiger partial charge in [-0.2, -0.15) is 13.2 Å². The van der Waals surface area contributed by atoms with Crippen LogP contribution < -0.4 is 5.32 Å². The van der Waals surface area contributed by atoms with Gasteiger partial charge in [0.1, 0.15) is 0 Å². The molecule has 0 saturated heterocycles. The molecule has 0 radical (unpaired) electrons. The third kappa shape index (κ3) is 3.63. The second-order valence-electron chi connectivity index (χ2n) is 4.58. The van der Waals surface area contributed by atoms with E-state index in [1.807, 2.05) is 6.92 Å². The van der Waals surface area contributed by atoms with E-state index in [0.29, 0.717) is 16.8 Å². The van der Waals surface area contributed by atoms with E-state index in [-0.39, 0.29) is 12.1 Å². The molecular weight excluding hydrogens is 323 g/mol. The van der Waals surface area contributed by atoms with Crippen LogP contribution in [0.25, 0.3) is 0 Å². The van der Waals surface area contributed by atoms with E-state index in [0.717, 1.165) is 25.0 Å². The highest BCUT2D eigenvalue weighted by molar-refractivity contribution is 9.10. The second kappa shape index (κ2) is 5.71. The Bertz CT molecular complexity index is 444. The molecule has 6 heteroatoms. The van der Waals surface area contributed by atoms with Gasteiger partial charge in [-0.25, -0.2) is 0 Å². The third-order valence-corrected chi connectivity index (χ3v) is 3.84. The smallest absolute Gasteiger partial charge is 0.381 e. The molecule has 1 aromatic carbocycles. The quantitative estimate of drug-likeness (QED) is 0.876. The summed E-state index contributed by atoms with van der Waals surface area (Å²) in [5.74, 6) is 0. The average molecular weight is 338 g/mol. The molecule has 0 unspecified atom stereocenters. The predicted octanol–water partition coefficient (Wildman–Crippen LogP) is 4.45. The molecule has 0 heterocycles. The van der Waals surface area contributed by atoms with Gasteiger partial charge in [-0.15, -0.1) is 0 Å². The first-order valence-electron chi connectivity index (χ1n) is 6.15. The Hall–Kier alpha value is -0.750. The first-order chi connectivity index (χ1) is 8.90. The molecule has 0 amide bonds. The lowest BCUT2D eigenvalue weighted by Crippen LogP contribution is -2.40. The van der Waals surface area contributed by atoms with E-state index in [2.05, 4.69) is 21.2 Å². The molecule has 1 aromatic rings. The lowest BCUT2D eigenvalue weighted by Gasteiger charge is -2.36. The summed E-state index contributed by atoms with van der Waals surface area (Å²) in [6.07, 6.45) is -2.43. The van der Waals surface area contributed by atoms with Crippen LogP contribution in [0.3, 0.4) is 0 Å². The summed E-state index contributed by atoms with van der Waals surface area (Å²) in [6, 6.07) is 3.80. The molecule has 2 rings (SSSR count). The SMILES string of the molecule is CCOC1CC(Nc2cc(C(F)(F)F)ccc2Br)C1. The van der Waals surface area contributed by atoms with Crippen LogP contribution in [0.2, 0.25) is 0 Å². The molecule has 0 aliphatic heterocycles. The molecule has 1 aliphatic rings. The molecular formula is C13H15BrF3NO. The number of benzene rings is 1. The van der Waals surface area contributed by atoms with Crippen molar-refractivity contribution < 1.29 is 17.9 Å². The lowest BCUT2D eigenvalue weighted by molar-refractivity contribution is -0.137. The maximum absolute atomic E-state index is 12.6. The highest BCUT2D eigenvalue weighted by atomic mass is 79.9. The van der Waals surface area contributed by atoms with Gasteiger partial charge in [0, 0.05) is 22.8 Å². The maximum atomic E-state index is 12.6. The van der Waals surface area contributed by atoms with Crippen molar-refractivity contribution >= 4 is 21.6 Å². The van der Waals surface area contributed by atoms with Crippen LogP contribution in [-0.4, -0.2) is 18.8 Å². The summed E-state index contributed by atoms with van der Waals surface area (Å²) in [7, 11) is 0. The van der Waals surface area contributed by atoms with E-state index in [9.17, 15) is 13.2 Å². The van der Waals surface area contributed by atoms with Crippen LogP contribution >= 0.6 is 15.9 Å². The Balaban J connectivity index is 2.01. The summed E-state index contributed by atoms with van der Waals surface area (Å²) in [5, 5.41) is 3.12. The van der Waals surface area contributed by atoms with Gasteiger partial charge in [-0.05, 0) is 53.9 Å². The predicted molar refractivity (Wildman–Crippen MR) is 71.2 cm³/mol. The summed E-state index contributed by atoms with van der Waals surface area (Å²) >= 11 is 3.26. The molecule has 0 bridgehead atoms. The van der Waals surface area contributed by atoms with Crippen molar-refractivity contribution in [1.29, 1.82) is 0 Å². The average Bonchev–Trinajstić information content (AvgIpc) is 2.27. The number of ether oxygens (including phenoxy) is 1. The largest absolute Gasteiger partial charge is 0.416 e. The van der Waals surface area contributed by atoms with Gasteiger partial charge >= 0.3 is 6.18 Å². The zero-order chi connectivity index (χ0) is 14.0. The van der Waals surface area contributed by atoms with Crippen LogP contribution in [0.15, 0.2) is 22.7 Å². The number of halogens is 4. The number of alkyl halides is 3. The molecule has 0 spiro atoms. The van der Waals surface area contributed by atoms with E-state index >= 15 is 0 Å². The van der Waals surface area contributed by atoms with Gasteiger partial charge in [0.25, 0.3) is 0 Å². The number of rotatable bonds is 4. The van der Waals surface area contributed by atoms with Crippen molar-refractivity contribution in [1.82, 2.24) is 0 Å². The zero-order valence-corrected chi connectivity index (χ0v) is 12.0. The van der Waals surface area contributed by atoms with Crippen LogP contribution in [0.4, 0.5) is 18.9 Å². The van der Waals surface area contributed by atoms with Gasteiger partial charge in [0.15, 0.2) is 0 Å². The molecule has 0 atom stereocenters. The fraction of sp³-hybridized carbons (Fsp3) is 0.538. The van der Waals surface area contributed by atoms with Crippen LogP contribution in [0, 0.1) is 0 Å². The summed E-state index contributed by atoms with van der Waals surface area (Å²) in [6.45, 7) is 2.61. The molecule has 1 fully saturated rings. The number of nitrogens with one attached hydrogen (secondary N) is 1. The molecule has 2 nitrogen and oxygen atoms in total. The summed E-state index contributed by atoms with van der Waals surface area (Å²) in [5.41, 5.74) is -0.159. The Kier molecular flexibility index (Phi) is 4.40. The molecule has 19 heavy (non-hydrogen) atoms. The van der Waals surface area contributed by atoms with Crippen molar-refractivity contribution in [3.63, 3.8) is 0 Å².